The van der Waals surface area contributed by atoms with Gasteiger partial charge in [-0.1, -0.05) is 0 Å². The van der Waals surface area contributed by atoms with E-state index in [0.29, 0.717) is 40.7 Å². The molecule has 3 rings (SSSR count). The SMILES string of the molecule is CCS(=O)(=O)N1CCCc2cc(NC(=O)/C=C/c3cc(OC)c(OC)c(OC)c3)ccc21. The van der Waals surface area contributed by atoms with Gasteiger partial charge in [0.05, 0.1) is 32.8 Å². The first-order valence-electron chi connectivity index (χ1n) is 10.2. The van der Waals surface area contributed by atoms with Gasteiger partial charge in [-0.25, -0.2) is 8.42 Å². The van der Waals surface area contributed by atoms with Crippen LogP contribution < -0.4 is 23.8 Å². The minimum Gasteiger partial charge on any atom is -0.493 e. The molecule has 1 aliphatic rings. The number of aryl methyl sites for hydroxylation is 1. The van der Waals surface area contributed by atoms with E-state index in [1.54, 1.807) is 37.3 Å². The lowest BCUT2D eigenvalue weighted by molar-refractivity contribution is -0.111. The Morgan fingerprint density at radius 3 is 2.38 bits per heavy atom. The summed E-state index contributed by atoms with van der Waals surface area (Å²) >= 11 is 0. The number of carbonyl (C=O) groups is 1. The van der Waals surface area contributed by atoms with E-state index in [1.165, 1.54) is 31.7 Å². The molecule has 8 nitrogen and oxygen atoms in total. The molecule has 0 spiro atoms. The summed E-state index contributed by atoms with van der Waals surface area (Å²) < 4.78 is 42.1. The number of benzene rings is 2. The van der Waals surface area contributed by atoms with Crippen molar-refractivity contribution in [3.8, 4) is 17.2 Å². The molecule has 2 aromatic carbocycles. The van der Waals surface area contributed by atoms with Gasteiger partial charge in [-0.15, -0.1) is 0 Å². The Hall–Kier alpha value is -3.20. The van der Waals surface area contributed by atoms with Gasteiger partial charge >= 0.3 is 0 Å². The fraction of sp³-hybridized carbons (Fsp3) is 0.348. The lowest BCUT2D eigenvalue weighted by atomic mass is 10.0. The summed E-state index contributed by atoms with van der Waals surface area (Å²) in [6.07, 6.45) is 4.56. The Morgan fingerprint density at radius 1 is 1.09 bits per heavy atom. The maximum Gasteiger partial charge on any atom is 0.248 e. The van der Waals surface area contributed by atoms with Crippen LogP contribution >= 0.6 is 0 Å². The predicted octanol–water partition coefficient (Wildman–Crippen LogP) is 3.47. The van der Waals surface area contributed by atoms with Crippen LogP contribution in [-0.2, 0) is 21.2 Å². The molecule has 172 valence electrons. The summed E-state index contributed by atoms with van der Waals surface area (Å²) in [6, 6.07) is 8.78. The Labute approximate surface area is 188 Å². The first-order valence-corrected chi connectivity index (χ1v) is 11.9. The molecular weight excluding hydrogens is 432 g/mol. The van der Waals surface area contributed by atoms with Gasteiger partial charge in [0.1, 0.15) is 0 Å². The van der Waals surface area contributed by atoms with E-state index in [4.69, 9.17) is 14.2 Å². The second kappa shape index (κ2) is 9.95. The fourth-order valence-electron chi connectivity index (χ4n) is 3.64. The smallest absolute Gasteiger partial charge is 0.248 e. The van der Waals surface area contributed by atoms with E-state index in [0.717, 1.165) is 18.4 Å². The normalized spacial score (nSPS) is 13.6. The number of sulfonamides is 1. The van der Waals surface area contributed by atoms with E-state index >= 15 is 0 Å². The number of anilines is 2. The van der Waals surface area contributed by atoms with E-state index in [-0.39, 0.29) is 11.7 Å². The van der Waals surface area contributed by atoms with Gasteiger partial charge in [-0.3, -0.25) is 9.10 Å². The first kappa shape index (κ1) is 23.5. The topological polar surface area (TPSA) is 94.2 Å². The lowest BCUT2D eigenvalue weighted by Crippen LogP contribution is -2.36. The maximum absolute atomic E-state index is 12.5. The van der Waals surface area contributed by atoms with Crippen molar-refractivity contribution in [3.63, 3.8) is 0 Å². The zero-order chi connectivity index (χ0) is 23.3. The fourth-order valence-corrected chi connectivity index (χ4v) is 4.84. The Balaban J connectivity index is 1.77. The molecule has 1 amide bonds. The number of hydrogen-bond donors (Lipinski definition) is 1. The molecule has 0 aromatic heterocycles. The summed E-state index contributed by atoms with van der Waals surface area (Å²) in [6.45, 7) is 2.12. The van der Waals surface area contributed by atoms with Crippen molar-refractivity contribution in [1.82, 2.24) is 0 Å². The Kier molecular flexibility index (Phi) is 7.29. The van der Waals surface area contributed by atoms with Gasteiger partial charge in [0.15, 0.2) is 11.5 Å². The van der Waals surface area contributed by atoms with Crippen molar-refractivity contribution in [1.29, 1.82) is 0 Å². The summed E-state index contributed by atoms with van der Waals surface area (Å²) in [5.41, 5.74) is 2.91. The van der Waals surface area contributed by atoms with Crippen LogP contribution in [0.2, 0.25) is 0 Å². The van der Waals surface area contributed by atoms with Crippen LogP contribution in [-0.4, -0.2) is 48.0 Å². The van der Waals surface area contributed by atoms with Crippen LogP contribution in [0.25, 0.3) is 6.08 Å². The molecular formula is C23H28N2O6S. The van der Waals surface area contributed by atoms with Gasteiger partial charge in [-0.2, -0.15) is 0 Å². The van der Waals surface area contributed by atoms with Crippen molar-refractivity contribution in [2.24, 2.45) is 0 Å². The quantitative estimate of drug-likeness (QED) is 0.607. The van der Waals surface area contributed by atoms with E-state index in [1.807, 2.05) is 6.07 Å². The predicted molar refractivity (Wildman–Crippen MR) is 125 cm³/mol. The van der Waals surface area contributed by atoms with Crippen LogP contribution in [0.3, 0.4) is 0 Å². The van der Waals surface area contributed by atoms with Crippen LogP contribution in [0.15, 0.2) is 36.4 Å². The van der Waals surface area contributed by atoms with Gasteiger partial charge in [0.25, 0.3) is 0 Å². The zero-order valence-corrected chi connectivity index (χ0v) is 19.5. The molecule has 32 heavy (non-hydrogen) atoms. The second-order valence-corrected chi connectivity index (χ2v) is 9.38. The molecule has 0 saturated heterocycles. The van der Waals surface area contributed by atoms with Crippen molar-refractivity contribution < 1.29 is 27.4 Å². The van der Waals surface area contributed by atoms with Crippen molar-refractivity contribution in [2.75, 3.05) is 43.2 Å². The number of amides is 1. The minimum absolute atomic E-state index is 0.0522. The van der Waals surface area contributed by atoms with Crippen LogP contribution in [0.5, 0.6) is 17.2 Å². The van der Waals surface area contributed by atoms with Crippen LogP contribution in [0.4, 0.5) is 11.4 Å². The van der Waals surface area contributed by atoms with Gasteiger partial charge in [0.2, 0.25) is 21.7 Å². The summed E-state index contributed by atoms with van der Waals surface area (Å²) in [7, 11) is 1.26. The Bertz CT molecular complexity index is 1100. The van der Waals surface area contributed by atoms with Gasteiger partial charge in [-0.05, 0) is 67.3 Å². The molecule has 0 fully saturated rings. The van der Waals surface area contributed by atoms with E-state index in [9.17, 15) is 13.2 Å². The summed E-state index contributed by atoms with van der Waals surface area (Å²) in [5, 5.41) is 2.83. The number of nitrogens with one attached hydrogen (secondary N) is 1. The molecule has 0 aliphatic carbocycles. The highest BCUT2D eigenvalue weighted by molar-refractivity contribution is 7.92. The molecule has 1 heterocycles. The number of ether oxygens (including phenoxy) is 3. The van der Waals surface area contributed by atoms with Crippen LogP contribution in [0.1, 0.15) is 24.5 Å². The second-order valence-electron chi connectivity index (χ2n) is 7.20. The number of hydrogen-bond acceptors (Lipinski definition) is 6. The highest BCUT2D eigenvalue weighted by atomic mass is 32.2. The number of methoxy groups -OCH3 is 3. The van der Waals surface area contributed by atoms with Crippen molar-refractivity contribution >= 4 is 33.4 Å². The van der Waals surface area contributed by atoms with Gasteiger partial charge < -0.3 is 19.5 Å². The maximum atomic E-state index is 12.5. The largest absolute Gasteiger partial charge is 0.493 e. The average Bonchev–Trinajstić information content (AvgIpc) is 2.81. The van der Waals surface area contributed by atoms with Gasteiger partial charge in [0, 0.05) is 18.3 Å². The molecule has 0 saturated carbocycles. The molecule has 0 radical (unpaired) electrons. The number of nitrogens with zero attached hydrogens (tertiary/aromatic N) is 1. The van der Waals surface area contributed by atoms with Crippen LogP contribution in [0, 0.1) is 0 Å². The highest BCUT2D eigenvalue weighted by Gasteiger charge is 2.26. The molecule has 0 bridgehead atoms. The number of carbonyl (C=O) groups excluding carboxylic acids is 1. The molecule has 0 unspecified atom stereocenters. The molecule has 1 aliphatic heterocycles. The third-order valence-corrected chi connectivity index (χ3v) is 7.02. The number of fused-ring (bicyclic) bond motifs is 1. The third kappa shape index (κ3) is 4.99. The molecule has 9 heteroatoms. The summed E-state index contributed by atoms with van der Waals surface area (Å²) in [5.74, 6) is 1.20. The lowest BCUT2D eigenvalue weighted by Gasteiger charge is -2.30. The van der Waals surface area contributed by atoms with E-state index in [2.05, 4.69) is 5.32 Å². The zero-order valence-electron chi connectivity index (χ0n) is 18.7. The highest BCUT2D eigenvalue weighted by Crippen LogP contribution is 2.38. The Morgan fingerprint density at radius 2 is 1.78 bits per heavy atom. The minimum atomic E-state index is -3.32. The molecule has 0 atom stereocenters. The monoisotopic (exact) mass is 460 g/mol. The summed E-state index contributed by atoms with van der Waals surface area (Å²) in [4.78, 5) is 12.5. The third-order valence-electron chi connectivity index (χ3n) is 5.24. The van der Waals surface area contributed by atoms with Crippen molar-refractivity contribution in [3.05, 3.63) is 47.5 Å². The van der Waals surface area contributed by atoms with Crippen molar-refractivity contribution in [2.45, 2.75) is 19.8 Å². The first-order chi connectivity index (χ1) is 15.3. The average molecular weight is 461 g/mol. The van der Waals surface area contributed by atoms with E-state index < -0.39 is 10.0 Å². The molecule has 1 N–H and O–H groups in total. The number of rotatable bonds is 8. The standard InChI is InChI=1S/C23H28N2O6S/c1-5-32(27,28)25-12-6-7-17-15-18(9-10-19(17)25)24-22(26)11-8-16-13-20(29-2)23(31-4)21(14-16)30-3/h8-11,13-15H,5-7,12H2,1-4H3,(H,24,26)/b11-8+. The molecule has 2 aromatic rings.